The molecule has 4 fully saturated rings. The number of epoxide rings is 1. The van der Waals surface area contributed by atoms with Gasteiger partial charge in [-0.2, -0.15) is 0 Å². The molecule has 4 aliphatic carbocycles. The number of ketones is 1. The maximum Gasteiger partial charge on any atom is 0.306 e. The molecule has 5 aliphatic rings. The summed E-state index contributed by atoms with van der Waals surface area (Å²) in [6.45, 7) is 7.55. The summed E-state index contributed by atoms with van der Waals surface area (Å²) in [5, 5.41) is 9.17. The molecule has 1 spiro atoms. The van der Waals surface area contributed by atoms with Gasteiger partial charge in [0.25, 0.3) is 0 Å². The van der Waals surface area contributed by atoms with E-state index in [1.165, 1.54) is 12.2 Å². The minimum atomic E-state index is -1.41. The van der Waals surface area contributed by atoms with E-state index in [1.807, 2.05) is 26.8 Å². The molecule has 6 nitrogen and oxygen atoms in total. The Hall–Kier alpha value is -1.51. The molecule has 9 atom stereocenters. The zero-order valence-corrected chi connectivity index (χ0v) is 20.2. The summed E-state index contributed by atoms with van der Waals surface area (Å²) >= 11 is 0.765. The van der Waals surface area contributed by atoms with Gasteiger partial charge in [0.2, 0.25) is 5.12 Å². The number of rotatable bonds is 4. The monoisotopic (exact) mass is 478 g/mol. The maximum absolute atomic E-state index is 15.6. The average Bonchev–Trinajstić information content (AvgIpc) is 3.44. The van der Waals surface area contributed by atoms with Crippen molar-refractivity contribution < 1.29 is 33.4 Å². The topological polar surface area (TPSA) is 93.2 Å². The number of fused-ring (bicyclic) bond motifs is 3. The first-order valence-electron chi connectivity index (χ1n) is 11.8. The Balaban J connectivity index is 1.62. The number of carbonyl (C=O) groups is 3. The van der Waals surface area contributed by atoms with Crippen LogP contribution in [0.25, 0.3) is 0 Å². The van der Waals surface area contributed by atoms with Crippen molar-refractivity contribution in [3.63, 3.8) is 0 Å². The number of aliphatic hydroxyl groups excluding tert-OH is 1. The van der Waals surface area contributed by atoms with E-state index in [0.29, 0.717) is 18.4 Å². The van der Waals surface area contributed by atoms with E-state index in [4.69, 9.17) is 9.47 Å². The van der Waals surface area contributed by atoms with Crippen LogP contribution in [0.3, 0.4) is 0 Å². The highest BCUT2D eigenvalue weighted by atomic mass is 32.2. The minimum Gasteiger partial charge on any atom is -0.449 e. The molecule has 1 aliphatic heterocycles. The quantitative estimate of drug-likeness (QED) is 0.375. The van der Waals surface area contributed by atoms with Crippen LogP contribution >= 0.6 is 11.8 Å². The number of carbonyl (C=O) groups excluding carboxylic acids is 3. The molecule has 3 saturated carbocycles. The standard InChI is InChI=1S/C25H31FO6S/c1-5-20(29)32-24(21(30)33-12-27)13(2)8-15-16-10-18(26)17-9-14(28)6-7-22(17,3)25(16)19(31-25)11-23(15,24)4/h6-7,9,13,15-16,18-19,27H,5,8,10-12H2,1-4H3/t13-,15+,16?,18+,19-,22+,23+,24+,25-/m1/s1. The zero-order chi connectivity index (χ0) is 24.0. The lowest BCUT2D eigenvalue weighted by atomic mass is 9.46. The lowest BCUT2D eigenvalue weighted by molar-refractivity contribution is -0.187. The van der Waals surface area contributed by atoms with Gasteiger partial charge in [0.15, 0.2) is 11.4 Å². The van der Waals surface area contributed by atoms with Crippen molar-refractivity contribution in [3.8, 4) is 0 Å². The Morgan fingerprint density at radius 1 is 1.30 bits per heavy atom. The Labute approximate surface area is 197 Å². The molecule has 0 aromatic carbocycles. The summed E-state index contributed by atoms with van der Waals surface area (Å²) in [4.78, 5) is 38.1. The van der Waals surface area contributed by atoms with Gasteiger partial charge in [-0.15, -0.1) is 0 Å². The van der Waals surface area contributed by atoms with Crippen LogP contribution in [0, 0.1) is 28.6 Å². The van der Waals surface area contributed by atoms with Crippen LogP contribution in [0.2, 0.25) is 0 Å². The van der Waals surface area contributed by atoms with Gasteiger partial charge in [-0.1, -0.05) is 38.6 Å². The van der Waals surface area contributed by atoms with Crippen LogP contribution in [-0.4, -0.2) is 51.4 Å². The Morgan fingerprint density at radius 2 is 2.03 bits per heavy atom. The van der Waals surface area contributed by atoms with Gasteiger partial charge < -0.3 is 14.6 Å². The molecule has 8 heteroatoms. The summed E-state index contributed by atoms with van der Waals surface area (Å²) in [5.41, 5.74) is -3.03. The summed E-state index contributed by atoms with van der Waals surface area (Å²) < 4.78 is 28.1. The van der Waals surface area contributed by atoms with Crippen molar-refractivity contribution in [2.24, 2.45) is 28.6 Å². The van der Waals surface area contributed by atoms with E-state index in [-0.39, 0.29) is 47.6 Å². The molecule has 1 saturated heterocycles. The van der Waals surface area contributed by atoms with Crippen LogP contribution in [-0.2, 0) is 23.9 Å². The van der Waals surface area contributed by atoms with E-state index in [1.54, 1.807) is 6.92 Å². The average molecular weight is 479 g/mol. The molecule has 0 radical (unpaired) electrons. The minimum absolute atomic E-state index is 0.109. The van der Waals surface area contributed by atoms with Gasteiger partial charge in [0, 0.05) is 23.2 Å². The summed E-state index contributed by atoms with van der Waals surface area (Å²) in [5.74, 6) is -1.64. The van der Waals surface area contributed by atoms with E-state index < -0.39 is 40.1 Å². The number of thioether (sulfide) groups is 1. The van der Waals surface area contributed by atoms with Crippen LogP contribution in [0.15, 0.2) is 23.8 Å². The van der Waals surface area contributed by atoms with Gasteiger partial charge >= 0.3 is 5.97 Å². The summed E-state index contributed by atoms with van der Waals surface area (Å²) in [6.07, 6.45) is 4.66. The van der Waals surface area contributed by atoms with Gasteiger partial charge in [0.1, 0.15) is 11.8 Å². The number of halogens is 1. The van der Waals surface area contributed by atoms with E-state index in [0.717, 1.165) is 11.8 Å². The number of allylic oxidation sites excluding steroid dienone is 2. The van der Waals surface area contributed by atoms with Crippen molar-refractivity contribution in [3.05, 3.63) is 23.8 Å². The molecule has 0 aromatic heterocycles. The second-order valence-electron chi connectivity index (χ2n) is 10.7. The van der Waals surface area contributed by atoms with Crippen molar-refractivity contribution in [1.82, 2.24) is 0 Å². The highest BCUT2D eigenvalue weighted by Gasteiger charge is 2.83. The Kier molecular flexibility index (Phi) is 5.10. The van der Waals surface area contributed by atoms with E-state index >= 15 is 4.39 Å². The molecule has 1 heterocycles. The number of ether oxygens (including phenoxy) is 2. The third kappa shape index (κ3) is 2.66. The fraction of sp³-hybridized carbons (Fsp3) is 0.720. The number of hydrogen-bond acceptors (Lipinski definition) is 7. The molecule has 1 N–H and O–H groups in total. The third-order valence-electron chi connectivity index (χ3n) is 9.52. The number of hydrogen-bond donors (Lipinski definition) is 1. The number of esters is 1. The fourth-order valence-electron chi connectivity index (χ4n) is 8.07. The fourth-order valence-corrected chi connectivity index (χ4v) is 8.88. The van der Waals surface area contributed by atoms with Crippen molar-refractivity contribution in [1.29, 1.82) is 0 Å². The lowest BCUT2D eigenvalue weighted by Crippen LogP contribution is -2.63. The van der Waals surface area contributed by atoms with E-state index in [2.05, 4.69) is 0 Å². The van der Waals surface area contributed by atoms with Gasteiger partial charge in [-0.25, -0.2) is 4.39 Å². The molecule has 33 heavy (non-hydrogen) atoms. The largest absolute Gasteiger partial charge is 0.449 e. The van der Waals surface area contributed by atoms with Crippen LogP contribution in [0.1, 0.15) is 53.4 Å². The second-order valence-corrected chi connectivity index (χ2v) is 11.7. The summed E-state index contributed by atoms with van der Waals surface area (Å²) in [6, 6.07) is 0. The SMILES string of the molecule is CCC(=O)O[C@]1(C(=O)SCO)[C@H](C)C[C@H]2C3C[C@H](F)C4=CC(=O)C=C[C@]4(C)[C@@]34O[C@@H]4C[C@@]21C. The first-order chi connectivity index (χ1) is 15.5. The van der Waals surface area contributed by atoms with Gasteiger partial charge in [-0.05, 0) is 55.7 Å². The van der Waals surface area contributed by atoms with Gasteiger partial charge in [0.05, 0.1) is 12.0 Å². The van der Waals surface area contributed by atoms with Crippen molar-refractivity contribution >= 4 is 28.6 Å². The molecule has 0 aromatic rings. The molecule has 180 valence electrons. The molecular weight excluding hydrogens is 447 g/mol. The molecular formula is C25H31FO6S. The maximum atomic E-state index is 15.6. The van der Waals surface area contributed by atoms with Crippen LogP contribution in [0.5, 0.6) is 0 Å². The van der Waals surface area contributed by atoms with E-state index in [9.17, 15) is 19.5 Å². The smallest absolute Gasteiger partial charge is 0.306 e. The molecule has 1 unspecified atom stereocenters. The molecule has 5 rings (SSSR count). The predicted octanol–water partition coefficient (Wildman–Crippen LogP) is 3.52. The normalized spacial score (nSPS) is 49.3. The third-order valence-corrected chi connectivity index (χ3v) is 10.2. The van der Waals surface area contributed by atoms with Gasteiger partial charge in [-0.3, -0.25) is 14.4 Å². The Morgan fingerprint density at radius 3 is 2.70 bits per heavy atom. The number of aliphatic hydroxyl groups is 1. The van der Waals surface area contributed by atoms with Crippen molar-refractivity contribution in [2.75, 3.05) is 5.94 Å². The highest BCUT2D eigenvalue weighted by molar-refractivity contribution is 8.13. The Bertz CT molecular complexity index is 993. The first-order valence-corrected chi connectivity index (χ1v) is 12.8. The highest BCUT2D eigenvalue weighted by Crippen LogP contribution is 2.77. The summed E-state index contributed by atoms with van der Waals surface area (Å²) in [7, 11) is 0. The lowest BCUT2D eigenvalue weighted by Gasteiger charge is -2.56. The number of alkyl halides is 1. The van der Waals surface area contributed by atoms with Crippen LogP contribution in [0.4, 0.5) is 4.39 Å². The van der Waals surface area contributed by atoms with Crippen LogP contribution < -0.4 is 0 Å². The zero-order valence-electron chi connectivity index (χ0n) is 19.4. The molecule has 0 bridgehead atoms. The predicted molar refractivity (Wildman–Crippen MR) is 120 cm³/mol. The molecule has 0 amide bonds. The van der Waals surface area contributed by atoms with Crippen molar-refractivity contribution in [2.45, 2.75) is 76.9 Å². The first kappa shape index (κ1) is 23.2. The second kappa shape index (κ2) is 7.25.